The van der Waals surface area contributed by atoms with Crippen LogP contribution in [0.5, 0.6) is 0 Å². The van der Waals surface area contributed by atoms with Crippen LogP contribution in [0.25, 0.3) is 0 Å². The molecule has 0 atom stereocenters. The second kappa shape index (κ2) is 3.09. The zero-order chi connectivity index (χ0) is 10.1. The van der Waals surface area contributed by atoms with Crippen LogP contribution in [0, 0.1) is 6.92 Å². The normalized spacial score (nSPS) is 10.7. The van der Waals surface area contributed by atoms with Crippen LogP contribution in [0.1, 0.15) is 11.6 Å². The lowest BCUT2D eigenvalue weighted by atomic mass is 10.5. The summed E-state index contributed by atoms with van der Waals surface area (Å²) in [5, 5.41) is 11.9. The number of aryl methyl sites for hydroxylation is 1. The zero-order valence-corrected chi connectivity index (χ0v) is 8.05. The van der Waals surface area contributed by atoms with E-state index in [1.807, 2.05) is 18.5 Å². The Morgan fingerprint density at radius 3 is 2.71 bits per heavy atom. The van der Waals surface area contributed by atoms with Crippen molar-refractivity contribution in [3.63, 3.8) is 0 Å². The van der Waals surface area contributed by atoms with Crippen LogP contribution in [0.2, 0.25) is 0 Å². The molecule has 2 heterocycles. The summed E-state index contributed by atoms with van der Waals surface area (Å²) in [5.41, 5.74) is 5.39. The second-order valence-electron chi connectivity index (χ2n) is 3.02. The molecule has 0 spiro atoms. The number of anilines is 1. The maximum atomic E-state index is 5.39. The van der Waals surface area contributed by atoms with Crippen molar-refractivity contribution in [3.8, 4) is 0 Å². The van der Waals surface area contributed by atoms with Gasteiger partial charge in [-0.3, -0.25) is 0 Å². The summed E-state index contributed by atoms with van der Waals surface area (Å²) in [4.78, 5) is 3.82. The number of aromatic nitrogens is 6. The number of hydrogen-bond acceptors (Lipinski definition) is 5. The van der Waals surface area contributed by atoms with Gasteiger partial charge in [-0.1, -0.05) is 0 Å². The van der Waals surface area contributed by atoms with Crippen molar-refractivity contribution < 1.29 is 0 Å². The summed E-state index contributed by atoms with van der Waals surface area (Å²) in [6, 6.07) is 0. The molecule has 7 nitrogen and oxygen atoms in total. The Kier molecular flexibility index (Phi) is 1.91. The number of nitrogen functional groups attached to an aromatic ring is 1. The molecule has 2 aromatic heterocycles. The average molecular weight is 193 g/mol. The van der Waals surface area contributed by atoms with Gasteiger partial charge in [-0.2, -0.15) is 0 Å². The van der Waals surface area contributed by atoms with Crippen molar-refractivity contribution >= 4 is 5.95 Å². The molecule has 0 aromatic carbocycles. The first-order valence-electron chi connectivity index (χ1n) is 4.16. The number of hydrogen-bond donors (Lipinski definition) is 1. The molecule has 0 unspecified atom stereocenters. The average Bonchev–Trinajstić information content (AvgIpc) is 2.67. The maximum Gasteiger partial charge on any atom is 0.239 e. The fourth-order valence-electron chi connectivity index (χ4n) is 1.12. The van der Waals surface area contributed by atoms with Crippen LogP contribution in [-0.2, 0) is 13.6 Å². The van der Waals surface area contributed by atoms with Gasteiger partial charge in [0.1, 0.15) is 18.7 Å². The van der Waals surface area contributed by atoms with Crippen molar-refractivity contribution in [3.05, 3.63) is 18.0 Å². The predicted molar refractivity (Wildman–Crippen MR) is 49.3 cm³/mol. The third kappa shape index (κ3) is 1.43. The molecule has 0 amide bonds. The van der Waals surface area contributed by atoms with Crippen molar-refractivity contribution in [2.75, 3.05) is 5.73 Å². The predicted octanol–water partition coefficient (Wildman–Crippen LogP) is -0.654. The summed E-state index contributed by atoms with van der Waals surface area (Å²) >= 11 is 0. The first-order valence-corrected chi connectivity index (χ1v) is 4.16. The molecule has 0 saturated carbocycles. The summed E-state index contributed by atoms with van der Waals surface area (Å²) in [6.07, 6.45) is 1.57. The molecule has 0 fully saturated rings. The molecular weight excluding hydrogens is 182 g/mol. The topological polar surface area (TPSA) is 87.4 Å². The van der Waals surface area contributed by atoms with E-state index in [9.17, 15) is 0 Å². The Bertz CT molecular complexity index is 441. The van der Waals surface area contributed by atoms with Crippen LogP contribution < -0.4 is 5.73 Å². The molecule has 0 aliphatic heterocycles. The zero-order valence-electron chi connectivity index (χ0n) is 8.05. The van der Waals surface area contributed by atoms with Crippen molar-refractivity contribution in [1.82, 2.24) is 29.5 Å². The van der Waals surface area contributed by atoms with Crippen LogP contribution in [-0.4, -0.2) is 29.5 Å². The second-order valence-corrected chi connectivity index (χ2v) is 3.02. The summed E-state index contributed by atoms with van der Waals surface area (Å²) < 4.78 is 3.52. The minimum Gasteiger partial charge on any atom is -0.367 e. The van der Waals surface area contributed by atoms with E-state index >= 15 is 0 Å². The van der Waals surface area contributed by atoms with Crippen LogP contribution in [0.3, 0.4) is 0 Å². The Morgan fingerprint density at radius 2 is 2.21 bits per heavy atom. The largest absolute Gasteiger partial charge is 0.367 e. The Labute approximate surface area is 80.6 Å². The molecule has 2 N–H and O–H groups in total. The minimum absolute atomic E-state index is 0.267. The first-order chi connectivity index (χ1) is 6.66. The molecule has 2 aromatic rings. The van der Waals surface area contributed by atoms with Gasteiger partial charge >= 0.3 is 0 Å². The van der Waals surface area contributed by atoms with E-state index in [-0.39, 0.29) is 5.95 Å². The highest BCUT2D eigenvalue weighted by molar-refractivity contribution is 5.09. The summed E-state index contributed by atoms with van der Waals surface area (Å²) in [5.74, 6) is 1.96. The lowest BCUT2D eigenvalue weighted by Crippen LogP contribution is -2.07. The van der Waals surface area contributed by atoms with E-state index in [0.29, 0.717) is 6.54 Å². The highest BCUT2D eigenvalue weighted by Gasteiger charge is 2.06. The van der Waals surface area contributed by atoms with E-state index in [1.54, 1.807) is 11.0 Å². The molecule has 0 aliphatic carbocycles. The van der Waals surface area contributed by atoms with E-state index in [1.165, 1.54) is 0 Å². The van der Waals surface area contributed by atoms with E-state index < -0.39 is 0 Å². The van der Waals surface area contributed by atoms with Gasteiger partial charge in [0.2, 0.25) is 5.95 Å². The molecular formula is C7H11N7. The van der Waals surface area contributed by atoms with Crippen LogP contribution in [0.4, 0.5) is 5.95 Å². The molecule has 14 heavy (non-hydrogen) atoms. The lowest BCUT2D eigenvalue weighted by Gasteiger charge is -2.00. The number of rotatable bonds is 2. The Morgan fingerprint density at radius 1 is 1.43 bits per heavy atom. The third-order valence-electron chi connectivity index (χ3n) is 2.04. The van der Waals surface area contributed by atoms with Crippen molar-refractivity contribution in [1.29, 1.82) is 0 Å². The van der Waals surface area contributed by atoms with Crippen LogP contribution >= 0.6 is 0 Å². The van der Waals surface area contributed by atoms with Gasteiger partial charge in [-0.25, -0.2) is 9.67 Å². The van der Waals surface area contributed by atoms with Crippen LogP contribution in [0.15, 0.2) is 6.33 Å². The highest BCUT2D eigenvalue weighted by Crippen LogP contribution is 2.00. The van der Waals surface area contributed by atoms with Gasteiger partial charge in [-0.05, 0) is 6.92 Å². The van der Waals surface area contributed by atoms with Gasteiger partial charge < -0.3 is 10.3 Å². The summed E-state index contributed by atoms with van der Waals surface area (Å²) in [7, 11) is 1.91. The smallest absolute Gasteiger partial charge is 0.239 e. The molecule has 0 bridgehead atoms. The molecule has 7 heteroatoms. The van der Waals surface area contributed by atoms with Gasteiger partial charge in [0.05, 0.1) is 0 Å². The van der Waals surface area contributed by atoms with Crippen molar-refractivity contribution in [2.45, 2.75) is 13.5 Å². The Balaban J connectivity index is 2.22. The minimum atomic E-state index is 0.267. The highest BCUT2D eigenvalue weighted by atomic mass is 15.4. The van der Waals surface area contributed by atoms with E-state index in [0.717, 1.165) is 11.6 Å². The molecule has 0 aliphatic rings. The fraction of sp³-hybridized carbons (Fsp3) is 0.429. The Hall–Kier alpha value is -1.92. The maximum absolute atomic E-state index is 5.39. The summed E-state index contributed by atoms with van der Waals surface area (Å²) in [6.45, 7) is 2.42. The molecule has 0 saturated heterocycles. The molecule has 0 radical (unpaired) electrons. The van der Waals surface area contributed by atoms with Crippen molar-refractivity contribution in [2.24, 2.45) is 7.05 Å². The van der Waals surface area contributed by atoms with Gasteiger partial charge in [0.15, 0.2) is 5.82 Å². The number of nitrogens with zero attached hydrogens (tertiary/aromatic N) is 6. The first kappa shape index (κ1) is 8.67. The number of nitrogens with two attached hydrogens (primary N) is 1. The lowest BCUT2D eigenvalue weighted by molar-refractivity contribution is 0.627. The van der Waals surface area contributed by atoms with Gasteiger partial charge in [0.25, 0.3) is 0 Å². The fourth-order valence-corrected chi connectivity index (χ4v) is 1.12. The van der Waals surface area contributed by atoms with Gasteiger partial charge in [0, 0.05) is 7.05 Å². The third-order valence-corrected chi connectivity index (χ3v) is 2.04. The van der Waals surface area contributed by atoms with Gasteiger partial charge in [-0.15, -0.1) is 15.3 Å². The standard InChI is InChI=1S/C7H11N7/c1-5-10-11-6(13(5)2)3-14-4-9-7(8)12-14/h4H,3H2,1-2H3,(H2,8,12). The monoisotopic (exact) mass is 193 g/mol. The quantitative estimate of drug-likeness (QED) is 0.684. The molecule has 74 valence electrons. The molecule has 2 rings (SSSR count). The van der Waals surface area contributed by atoms with E-state index in [4.69, 9.17) is 5.73 Å². The van der Waals surface area contributed by atoms with E-state index in [2.05, 4.69) is 20.3 Å². The SMILES string of the molecule is Cc1nnc(Cn2cnc(N)n2)n1C.